The third-order valence-electron chi connectivity index (χ3n) is 3.14. The van der Waals surface area contributed by atoms with E-state index in [4.69, 9.17) is 11.5 Å². The number of hydrogen-bond acceptors (Lipinski definition) is 3. The maximum atomic E-state index is 12.5. The summed E-state index contributed by atoms with van der Waals surface area (Å²) < 4.78 is 0.949. The highest BCUT2D eigenvalue weighted by Gasteiger charge is 2.31. The molecule has 2 amide bonds. The zero-order chi connectivity index (χ0) is 16.2. The summed E-state index contributed by atoms with van der Waals surface area (Å²) in [5.41, 5.74) is 11.8. The van der Waals surface area contributed by atoms with Crippen LogP contribution >= 0.6 is 15.9 Å². The molecular weight excluding hydrogens is 334 g/mol. The average Bonchev–Trinajstić information content (AvgIpc) is 2.37. The molecule has 1 aromatic carbocycles. The van der Waals surface area contributed by atoms with Crippen molar-refractivity contribution in [2.24, 2.45) is 16.9 Å². The van der Waals surface area contributed by atoms with Crippen molar-refractivity contribution in [3.8, 4) is 0 Å². The van der Waals surface area contributed by atoms with Crippen LogP contribution < -0.4 is 11.5 Å². The molecule has 0 bridgehead atoms. The van der Waals surface area contributed by atoms with E-state index in [9.17, 15) is 9.59 Å². The van der Waals surface area contributed by atoms with Crippen molar-refractivity contribution in [1.82, 2.24) is 4.90 Å². The van der Waals surface area contributed by atoms with Crippen molar-refractivity contribution < 1.29 is 9.59 Å². The van der Waals surface area contributed by atoms with Gasteiger partial charge < -0.3 is 16.4 Å². The zero-order valence-corrected chi connectivity index (χ0v) is 14.2. The van der Waals surface area contributed by atoms with Crippen LogP contribution in [-0.2, 0) is 16.1 Å². The van der Waals surface area contributed by atoms with Gasteiger partial charge in [0.2, 0.25) is 11.8 Å². The topological polar surface area (TPSA) is 89.4 Å². The van der Waals surface area contributed by atoms with E-state index in [-0.39, 0.29) is 17.9 Å². The van der Waals surface area contributed by atoms with Crippen molar-refractivity contribution in [3.63, 3.8) is 0 Å². The Morgan fingerprint density at radius 2 is 1.76 bits per heavy atom. The highest BCUT2D eigenvalue weighted by atomic mass is 79.9. The molecule has 1 rings (SSSR count). The van der Waals surface area contributed by atoms with Gasteiger partial charge in [-0.3, -0.25) is 9.59 Å². The Balaban J connectivity index is 2.92. The third-order valence-corrected chi connectivity index (χ3v) is 3.67. The number of rotatable bonds is 5. The lowest BCUT2D eigenvalue weighted by Crippen LogP contribution is -2.52. The molecule has 0 aliphatic rings. The Morgan fingerprint density at radius 3 is 2.19 bits per heavy atom. The van der Waals surface area contributed by atoms with Crippen LogP contribution in [0.25, 0.3) is 0 Å². The van der Waals surface area contributed by atoms with E-state index in [1.165, 1.54) is 4.90 Å². The molecule has 6 heteroatoms. The van der Waals surface area contributed by atoms with E-state index in [1.54, 1.807) is 0 Å². The van der Waals surface area contributed by atoms with Gasteiger partial charge in [0.05, 0.1) is 12.6 Å². The number of amides is 2. The third kappa shape index (κ3) is 5.47. The maximum absolute atomic E-state index is 12.5. The summed E-state index contributed by atoms with van der Waals surface area (Å²) in [7, 11) is 0. The van der Waals surface area contributed by atoms with Crippen LogP contribution in [0, 0.1) is 5.41 Å². The van der Waals surface area contributed by atoms with Crippen LogP contribution in [0.4, 0.5) is 0 Å². The maximum Gasteiger partial charge on any atom is 0.240 e. The minimum absolute atomic E-state index is 0.140. The lowest BCUT2D eigenvalue weighted by atomic mass is 9.86. The quantitative estimate of drug-likeness (QED) is 0.840. The average molecular weight is 356 g/mol. The smallest absolute Gasteiger partial charge is 0.240 e. The molecule has 4 N–H and O–H groups in total. The number of hydrogen-bond donors (Lipinski definition) is 2. The van der Waals surface area contributed by atoms with Crippen LogP contribution in [0.5, 0.6) is 0 Å². The van der Waals surface area contributed by atoms with Crippen LogP contribution in [-0.4, -0.2) is 29.3 Å². The van der Waals surface area contributed by atoms with E-state index in [0.717, 1.165) is 10.0 Å². The fourth-order valence-electron chi connectivity index (χ4n) is 1.78. The van der Waals surface area contributed by atoms with Gasteiger partial charge in [0.15, 0.2) is 0 Å². The lowest BCUT2D eigenvalue weighted by Gasteiger charge is -2.31. The number of halogens is 1. The molecule has 0 fully saturated rings. The van der Waals surface area contributed by atoms with Crippen LogP contribution in [0.15, 0.2) is 28.7 Å². The summed E-state index contributed by atoms with van der Waals surface area (Å²) >= 11 is 3.36. The predicted octanol–water partition coefficient (Wildman–Crippen LogP) is 1.64. The van der Waals surface area contributed by atoms with Crippen LogP contribution in [0.3, 0.4) is 0 Å². The Morgan fingerprint density at radius 1 is 1.24 bits per heavy atom. The minimum atomic E-state index is -0.688. The highest BCUT2D eigenvalue weighted by molar-refractivity contribution is 9.10. The van der Waals surface area contributed by atoms with Crippen molar-refractivity contribution in [2.75, 3.05) is 6.54 Å². The van der Waals surface area contributed by atoms with E-state index in [0.29, 0.717) is 6.54 Å². The number of carbonyl (C=O) groups excluding carboxylic acids is 2. The molecule has 0 saturated carbocycles. The molecule has 0 unspecified atom stereocenters. The number of nitrogens with two attached hydrogens (primary N) is 2. The number of carbonyl (C=O) groups is 2. The fraction of sp³-hybridized carbons (Fsp3) is 0.467. The van der Waals surface area contributed by atoms with Gasteiger partial charge in [0, 0.05) is 11.0 Å². The summed E-state index contributed by atoms with van der Waals surface area (Å²) in [5.74, 6) is -0.828. The predicted molar refractivity (Wildman–Crippen MR) is 86.2 cm³/mol. The van der Waals surface area contributed by atoms with Gasteiger partial charge >= 0.3 is 0 Å². The van der Waals surface area contributed by atoms with E-state index in [2.05, 4.69) is 15.9 Å². The molecule has 5 nitrogen and oxygen atoms in total. The van der Waals surface area contributed by atoms with Crippen LogP contribution in [0.2, 0.25) is 0 Å². The first-order chi connectivity index (χ1) is 9.61. The fourth-order valence-corrected chi connectivity index (χ4v) is 2.04. The number of primary amides is 1. The molecule has 1 aromatic rings. The zero-order valence-electron chi connectivity index (χ0n) is 12.6. The van der Waals surface area contributed by atoms with Crippen molar-refractivity contribution in [3.05, 3.63) is 34.3 Å². The molecule has 0 heterocycles. The first-order valence-corrected chi connectivity index (χ1v) is 7.47. The van der Waals surface area contributed by atoms with Crippen molar-refractivity contribution >= 4 is 27.7 Å². The Hall–Kier alpha value is -1.40. The van der Waals surface area contributed by atoms with E-state index in [1.807, 2.05) is 45.0 Å². The standard InChI is InChI=1S/C15H22BrN3O2/c1-15(2,3)13(18)14(21)19(9-12(17)20)8-10-4-6-11(16)7-5-10/h4-7,13H,8-9,18H2,1-3H3,(H2,17,20)/t13-/m0/s1. The largest absolute Gasteiger partial charge is 0.368 e. The van der Waals surface area contributed by atoms with Gasteiger partial charge in [-0.05, 0) is 23.1 Å². The summed E-state index contributed by atoms with van der Waals surface area (Å²) in [6.45, 7) is 5.82. The number of benzene rings is 1. The second-order valence-electron chi connectivity index (χ2n) is 6.13. The summed E-state index contributed by atoms with van der Waals surface area (Å²) in [5, 5.41) is 0. The monoisotopic (exact) mass is 355 g/mol. The normalized spacial score (nSPS) is 12.8. The second-order valence-corrected chi connectivity index (χ2v) is 7.05. The molecule has 0 aliphatic heterocycles. The van der Waals surface area contributed by atoms with Crippen molar-refractivity contribution in [2.45, 2.75) is 33.4 Å². The molecule has 0 radical (unpaired) electrons. The summed E-state index contributed by atoms with van der Waals surface area (Å²) in [6.07, 6.45) is 0. The molecule has 0 spiro atoms. The van der Waals surface area contributed by atoms with Gasteiger partial charge in [0.1, 0.15) is 0 Å². The Bertz CT molecular complexity index is 509. The van der Waals surface area contributed by atoms with Crippen molar-refractivity contribution in [1.29, 1.82) is 0 Å². The number of nitrogens with zero attached hydrogens (tertiary/aromatic N) is 1. The van der Waals surface area contributed by atoms with E-state index < -0.39 is 11.9 Å². The van der Waals surface area contributed by atoms with Crippen LogP contribution in [0.1, 0.15) is 26.3 Å². The Labute approximate surface area is 133 Å². The van der Waals surface area contributed by atoms with Gasteiger partial charge in [0.25, 0.3) is 0 Å². The highest BCUT2D eigenvalue weighted by Crippen LogP contribution is 2.20. The van der Waals surface area contributed by atoms with E-state index >= 15 is 0 Å². The molecular formula is C15H22BrN3O2. The van der Waals surface area contributed by atoms with Gasteiger partial charge in [-0.15, -0.1) is 0 Å². The molecule has 1 atom stereocenters. The Kier molecular flexibility index (Phi) is 5.92. The summed E-state index contributed by atoms with van der Waals surface area (Å²) in [4.78, 5) is 25.1. The van der Waals surface area contributed by atoms with Gasteiger partial charge in [-0.25, -0.2) is 0 Å². The van der Waals surface area contributed by atoms with Gasteiger partial charge in [-0.1, -0.05) is 48.8 Å². The SMILES string of the molecule is CC(C)(C)[C@@H](N)C(=O)N(CC(N)=O)Cc1ccc(Br)cc1. The molecule has 0 aliphatic carbocycles. The van der Waals surface area contributed by atoms with Gasteiger partial charge in [-0.2, -0.15) is 0 Å². The molecule has 21 heavy (non-hydrogen) atoms. The molecule has 116 valence electrons. The molecule has 0 saturated heterocycles. The second kappa shape index (κ2) is 7.04. The minimum Gasteiger partial charge on any atom is -0.368 e. The first-order valence-electron chi connectivity index (χ1n) is 6.68. The molecule has 0 aromatic heterocycles. The summed E-state index contributed by atoms with van der Waals surface area (Å²) in [6, 6.07) is 6.84. The first kappa shape index (κ1) is 17.7. The lowest BCUT2D eigenvalue weighted by molar-refractivity contribution is -0.138.